The van der Waals surface area contributed by atoms with Crippen molar-refractivity contribution < 1.29 is 19.1 Å². The Balaban J connectivity index is 0.000000147. The molecule has 3 aliphatic heterocycles. The Morgan fingerprint density at radius 1 is 0.765 bits per heavy atom. The van der Waals surface area contributed by atoms with E-state index in [0.717, 1.165) is 75.9 Å². The van der Waals surface area contributed by atoms with Crippen LogP contribution in [0.3, 0.4) is 0 Å². The Labute approximate surface area is 309 Å². The molecule has 3 aliphatic rings. The third-order valence-corrected chi connectivity index (χ3v) is 12.0. The molecule has 0 unspecified atom stereocenters. The van der Waals surface area contributed by atoms with Crippen LogP contribution in [0.1, 0.15) is 42.5 Å². The van der Waals surface area contributed by atoms with Crippen LogP contribution < -0.4 is 19.3 Å². The van der Waals surface area contributed by atoms with Gasteiger partial charge in [-0.25, -0.2) is 0 Å². The van der Waals surface area contributed by atoms with Crippen molar-refractivity contribution in [3.05, 3.63) is 135 Å². The van der Waals surface area contributed by atoms with E-state index in [0.29, 0.717) is 28.8 Å². The maximum absolute atomic E-state index is 13.3. The molecule has 10 heteroatoms. The van der Waals surface area contributed by atoms with E-state index in [1.54, 1.807) is 41.7 Å². The highest BCUT2D eigenvalue weighted by molar-refractivity contribution is 7.18. The van der Waals surface area contributed by atoms with Crippen molar-refractivity contribution in [3.63, 3.8) is 0 Å². The Morgan fingerprint density at radius 3 is 2.06 bits per heavy atom. The fourth-order valence-corrected chi connectivity index (χ4v) is 9.40. The van der Waals surface area contributed by atoms with Crippen LogP contribution in [-0.2, 0) is 19.3 Å². The molecule has 0 N–H and O–H groups in total. The monoisotopic (exact) mass is 731 g/mol. The van der Waals surface area contributed by atoms with E-state index in [1.807, 2.05) is 59.5 Å². The van der Waals surface area contributed by atoms with E-state index >= 15 is 0 Å². The van der Waals surface area contributed by atoms with Gasteiger partial charge in [0.2, 0.25) is 0 Å². The summed E-state index contributed by atoms with van der Waals surface area (Å²) in [5.74, 6) is 1.81. The van der Waals surface area contributed by atoms with E-state index in [-0.39, 0.29) is 11.8 Å². The first kappa shape index (κ1) is 33.2. The minimum Gasteiger partial charge on any atom is -0.493 e. The molecular formula is C41H34ClN3O4S2. The largest absolute Gasteiger partial charge is 0.493 e. The molecule has 0 aliphatic carbocycles. The normalized spacial score (nSPS) is 14.0. The van der Waals surface area contributed by atoms with Gasteiger partial charge in [0, 0.05) is 59.2 Å². The SMILES string of the molecule is CN(C(=O)c1cc2c(s1)-c1ccccc1OCC2)c1cnccc1Cl.O=C(c1cc2c(s1)-c1ccccc1OCC2)N1CCCc2ccccc21. The highest BCUT2D eigenvalue weighted by atomic mass is 35.5. The van der Waals surface area contributed by atoms with Gasteiger partial charge in [0.1, 0.15) is 11.5 Å². The summed E-state index contributed by atoms with van der Waals surface area (Å²) in [5, 5.41) is 0.503. The maximum atomic E-state index is 13.3. The highest BCUT2D eigenvalue weighted by Gasteiger charge is 2.28. The van der Waals surface area contributed by atoms with Crippen LogP contribution in [0.5, 0.6) is 11.5 Å². The van der Waals surface area contributed by atoms with Crippen molar-refractivity contribution in [1.29, 1.82) is 0 Å². The first-order chi connectivity index (χ1) is 25.0. The lowest BCUT2D eigenvalue weighted by Crippen LogP contribution is -2.34. The van der Waals surface area contributed by atoms with Gasteiger partial charge >= 0.3 is 0 Å². The lowest BCUT2D eigenvalue weighted by atomic mass is 10.0. The maximum Gasteiger partial charge on any atom is 0.268 e. The second-order valence-electron chi connectivity index (χ2n) is 12.5. The van der Waals surface area contributed by atoms with E-state index in [4.69, 9.17) is 21.1 Å². The number of rotatable bonds is 3. The molecule has 0 spiro atoms. The Hall–Kier alpha value is -4.96. The summed E-state index contributed by atoms with van der Waals surface area (Å²) < 4.78 is 11.7. The van der Waals surface area contributed by atoms with Crippen LogP contribution in [-0.4, -0.2) is 43.6 Å². The first-order valence-electron chi connectivity index (χ1n) is 16.9. The van der Waals surface area contributed by atoms with Gasteiger partial charge < -0.3 is 19.3 Å². The molecule has 51 heavy (non-hydrogen) atoms. The summed E-state index contributed by atoms with van der Waals surface area (Å²) in [6.07, 6.45) is 6.89. The van der Waals surface area contributed by atoms with Gasteiger partial charge in [-0.1, -0.05) is 54.1 Å². The van der Waals surface area contributed by atoms with Gasteiger partial charge in [0.05, 0.1) is 39.9 Å². The smallest absolute Gasteiger partial charge is 0.268 e. The van der Waals surface area contributed by atoms with Crippen molar-refractivity contribution in [2.75, 3.05) is 36.6 Å². The molecule has 3 aromatic carbocycles. The molecule has 0 radical (unpaired) electrons. The number of benzene rings is 3. The van der Waals surface area contributed by atoms with Crippen molar-refractivity contribution in [2.24, 2.45) is 0 Å². The fraction of sp³-hybridized carbons (Fsp3) is 0.195. The molecule has 0 saturated carbocycles. The van der Waals surface area contributed by atoms with Crippen LogP contribution in [0.2, 0.25) is 5.02 Å². The predicted molar refractivity (Wildman–Crippen MR) is 206 cm³/mol. The number of aromatic nitrogens is 1. The van der Waals surface area contributed by atoms with E-state index in [1.165, 1.54) is 27.3 Å². The molecule has 0 fully saturated rings. The number of carbonyl (C=O) groups is 2. The summed E-state index contributed by atoms with van der Waals surface area (Å²) in [6, 6.07) is 30.0. The molecule has 0 bridgehead atoms. The minimum absolute atomic E-state index is 0.0913. The zero-order valence-corrected chi connectivity index (χ0v) is 30.3. The topological polar surface area (TPSA) is 72.0 Å². The highest BCUT2D eigenvalue weighted by Crippen LogP contribution is 2.43. The Kier molecular flexibility index (Phi) is 9.34. The number of aryl methyl sites for hydroxylation is 1. The van der Waals surface area contributed by atoms with Crippen molar-refractivity contribution in [1.82, 2.24) is 4.98 Å². The number of fused-ring (bicyclic) bond motifs is 7. The van der Waals surface area contributed by atoms with Crippen LogP contribution in [0.4, 0.5) is 11.4 Å². The number of hydrogen-bond acceptors (Lipinski definition) is 7. The number of ether oxygens (including phenoxy) is 2. The standard InChI is InChI=1S/C22H19NO2S.C19H15ClN2O2S/c24-22(23-12-5-7-15-6-1-3-9-18(15)23)20-14-16-11-13-25-19-10-4-2-8-17(19)21(16)26-20;1-22(15-11-21-8-6-14(15)20)19(23)17-10-12-7-9-24-16-5-3-2-4-13(16)18(12)25-17/h1-4,6,8-10,14H,5,7,11-13H2;2-6,8,10-11H,7,9H2,1H3. The van der Waals surface area contributed by atoms with Crippen LogP contribution in [0.25, 0.3) is 20.9 Å². The van der Waals surface area contributed by atoms with Gasteiger partial charge in [0.15, 0.2) is 0 Å². The predicted octanol–water partition coefficient (Wildman–Crippen LogP) is 9.62. The molecule has 0 atom stereocenters. The summed E-state index contributed by atoms with van der Waals surface area (Å²) in [5.41, 5.74) is 7.43. The quantitative estimate of drug-likeness (QED) is 0.181. The first-order valence-corrected chi connectivity index (χ1v) is 18.9. The van der Waals surface area contributed by atoms with E-state index in [9.17, 15) is 9.59 Å². The zero-order valence-electron chi connectivity index (χ0n) is 27.9. The number of amides is 2. The van der Waals surface area contributed by atoms with Crippen molar-refractivity contribution in [2.45, 2.75) is 25.7 Å². The Bertz CT molecular complexity index is 2260. The van der Waals surface area contributed by atoms with Crippen molar-refractivity contribution in [3.8, 4) is 32.4 Å². The second-order valence-corrected chi connectivity index (χ2v) is 15.0. The molecule has 7 nitrogen and oxygen atoms in total. The molecule has 2 amide bonds. The number of carbonyl (C=O) groups excluding carboxylic acids is 2. The molecule has 9 rings (SSSR count). The lowest BCUT2D eigenvalue weighted by molar-refractivity contribution is 0.0984. The second kappa shape index (κ2) is 14.3. The number of anilines is 2. The number of para-hydroxylation sites is 3. The van der Waals surface area contributed by atoms with E-state index < -0.39 is 0 Å². The summed E-state index contributed by atoms with van der Waals surface area (Å²) in [4.78, 5) is 37.5. The molecule has 6 aromatic rings. The lowest BCUT2D eigenvalue weighted by Gasteiger charge is -2.29. The van der Waals surface area contributed by atoms with Gasteiger partial charge in [0.25, 0.3) is 11.8 Å². The van der Waals surface area contributed by atoms with Crippen LogP contribution in [0.15, 0.2) is 103 Å². The molecule has 256 valence electrons. The van der Waals surface area contributed by atoms with Crippen molar-refractivity contribution >= 4 is 57.5 Å². The van der Waals surface area contributed by atoms with E-state index in [2.05, 4.69) is 35.3 Å². The molecular weight excluding hydrogens is 698 g/mol. The summed E-state index contributed by atoms with van der Waals surface area (Å²) in [7, 11) is 1.72. The fourth-order valence-electron chi connectivity index (χ4n) is 6.77. The minimum atomic E-state index is -0.0913. The van der Waals surface area contributed by atoms with Crippen LogP contribution in [0, 0.1) is 0 Å². The average molecular weight is 732 g/mol. The molecule has 0 saturated heterocycles. The zero-order chi connectivity index (χ0) is 34.9. The number of thiophene rings is 2. The third-order valence-electron chi connectivity index (χ3n) is 9.33. The van der Waals surface area contributed by atoms with Gasteiger partial charge in [-0.3, -0.25) is 14.6 Å². The van der Waals surface area contributed by atoms with Gasteiger partial charge in [-0.15, -0.1) is 22.7 Å². The summed E-state index contributed by atoms with van der Waals surface area (Å²) >= 11 is 9.28. The van der Waals surface area contributed by atoms with Gasteiger partial charge in [-0.05, 0) is 78.1 Å². The average Bonchev–Trinajstić information content (AvgIpc) is 3.70. The van der Waals surface area contributed by atoms with Crippen LogP contribution >= 0.6 is 34.3 Å². The number of nitrogens with zero attached hydrogens (tertiary/aromatic N) is 3. The van der Waals surface area contributed by atoms with Gasteiger partial charge in [-0.2, -0.15) is 0 Å². The number of pyridine rings is 1. The number of hydrogen-bond donors (Lipinski definition) is 0. The molecule has 3 aromatic heterocycles. The molecule has 6 heterocycles. The Morgan fingerprint density at radius 2 is 1.37 bits per heavy atom. The number of halogens is 1. The summed E-state index contributed by atoms with van der Waals surface area (Å²) in [6.45, 7) is 2.05. The third kappa shape index (κ3) is 6.53.